The highest BCUT2D eigenvalue weighted by Gasteiger charge is 2.39. The Morgan fingerprint density at radius 2 is 1.83 bits per heavy atom. The van der Waals surface area contributed by atoms with Crippen molar-refractivity contribution in [1.82, 2.24) is 4.90 Å². The highest BCUT2D eigenvalue weighted by Crippen LogP contribution is 2.36. The van der Waals surface area contributed by atoms with Crippen LogP contribution in [-0.4, -0.2) is 66.2 Å². The predicted molar refractivity (Wildman–Crippen MR) is 109 cm³/mol. The Balaban J connectivity index is 1.73. The first-order valence-corrected chi connectivity index (χ1v) is 10.5. The lowest BCUT2D eigenvalue weighted by molar-refractivity contribution is -0.0258. The van der Waals surface area contributed by atoms with Gasteiger partial charge < -0.3 is 29.0 Å². The maximum atomic E-state index is 12.7. The number of benzene rings is 1. The van der Waals surface area contributed by atoms with E-state index in [-0.39, 0.29) is 23.8 Å². The fraction of sp³-hybridized carbons (Fsp3) is 0.636. The summed E-state index contributed by atoms with van der Waals surface area (Å²) in [6.45, 7) is 7.49. The first-order chi connectivity index (χ1) is 14.2. The van der Waals surface area contributed by atoms with Gasteiger partial charge in [0.2, 0.25) is 0 Å². The average Bonchev–Trinajstić information content (AvgIpc) is 2.63. The predicted octanol–water partition coefficient (Wildman–Crippen LogP) is 3.72. The molecule has 0 saturated heterocycles. The SMILES string of the molecule is CC(C)(C)OC(=O)N1CCOCCCCOc2cc(C(=O)O)ccc2OC2CC1C2. The second-order valence-electron chi connectivity index (χ2n) is 8.67. The number of hydrogen-bond acceptors (Lipinski definition) is 6. The monoisotopic (exact) mass is 421 g/mol. The van der Waals surface area contributed by atoms with Gasteiger partial charge in [-0.1, -0.05) is 0 Å². The van der Waals surface area contributed by atoms with Crippen LogP contribution in [0.15, 0.2) is 18.2 Å². The lowest BCUT2D eigenvalue weighted by Gasteiger charge is -2.42. The Kier molecular flexibility index (Phi) is 7.07. The third kappa shape index (κ3) is 6.01. The van der Waals surface area contributed by atoms with Gasteiger partial charge in [-0.25, -0.2) is 9.59 Å². The molecule has 0 atom stereocenters. The van der Waals surface area contributed by atoms with Crippen LogP contribution in [0.4, 0.5) is 4.79 Å². The zero-order valence-electron chi connectivity index (χ0n) is 17.9. The third-order valence-electron chi connectivity index (χ3n) is 5.04. The fourth-order valence-electron chi connectivity index (χ4n) is 3.42. The molecule has 8 heteroatoms. The van der Waals surface area contributed by atoms with Gasteiger partial charge in [-0.15, -0.1) is 0 Å². The average molecular weight is 421 g/mol. The van der Waals surface area contributed by atoms with Crippen LogP contribution in [0.3, 0.4) is 0 Å². The minimum atomic E-state index is -1.01. The van der Waals surface area contributed by atoms with Crippen molar-refractivity contribution in [1.29, 1.82) is 0 Å². The standard InChI is InChI=1S/C22H31NO7/c1-22(2,3)30-21(26)23-8-11-27-9-4-5-10-28-19-12-15(20(24)25)6-7-18(19)29-17-13-16(23)14-17/h6-7,12,16-17H,4-5,8-11,13-14H2,1-3H3,(H,24,25). The maximum Gasteiger partial charge on any atom is 0.410 e. The molecule has 30 heavy (non-hydrogen) atoms. The zero-order valence-corrected chi connectivity index (χ0v) is 17.9. The summed E-state index contributed by atoms with van der Waals surface area (Å²) in [4.78, 5) is 25.7. The summed E-state index contributed by atoms with van der Waals surface area (Å²) in [5.74, 6) is -0.0565. The summed E-state index contributed by atoms with van der Waals surface area (Å²) < 4.78 is 23.1. The smallest absolute Gasteiger partial charge is 0.410 e. The van der Waals surface area contributed by atoms with E-state index in [1.807, 2.05) is 20.8 Å². The molecule has 1 fully saturated rings. The molecule has 3 aliphatic rings. The van der Waals surface area contributed by atoms with E-state index >= 15 is 0 Å². The molecule has 8 nitrogen and oxygen atoms in total. The number of ether oxygens (including phenoxy) is 4. The molecule has 1 N–H and O–H groups in total. The molecule has 166 valence electrons. The second-order valence-corrected chi connectivity index (χ2v) is 8.67. The molecule has 2 bridgehead atoms. The summed E-state index contributed by atoms with van der Waals surface area (Å²) in [6.07, 6.45) is 2.47. The molecule has 2 heterocycles. The van der Waals surface area contributed by atoms with Crippen LogP contribution >= 0.6 is 0 Å². The first-order valence-electron chi connectivity index (χ1n) is 10.5. The molecule has 0 spiro atoms. The van der Waals surface area contributed by atoms with Crippen molar-refractivity contribution >= 4 is 12.1 Å². The third-order valence-corrected chi connectivity index (χ3v) is 5.04. The van der Waals surface area contributed by atoms with E-state index in [0.717, 1.165) is 12.8 Å². The number of hydrogen-bond donors (Lipinski definition) is 1. The number of carbonyl (C=O) groups excluding carboxylic acids is 1. The van der Waals surface area contributed by atoms with Gasteiger partial charge in [-0.2, -0.15) is 0 Å². The van der Waals surface area contributed by atoms with Crippen LogP contribution in [0.5, 0.6) is 11.5 Å². The van der Waals surface area contributed by atoms with Crippen LogP contribution in [-0.2, 0) is 9.47 Å². The molecule has 4 rings (SSSR count). The molecule has 0 aromatic heterocycles. The number of carbonyl (C=O) groups is 2. The number of carboxylic acid groups (broad SMARTS) is 1. The Morgan fingerprint density at radius 1 is 1.10 bits per heavy atom. The van der Waals surface area contributed by atoms with E-state index in [0.29, 0.717) is 50.7 Å². The summed E-state index contributed by atoms with van der Waals surface area (Å²) in [6, 6.07) is 4.66. The van der Waals surface area contributed by atoms with Crippen molar-refractivity contribution in [2.24, 2.45) is 0 Å². The lowest BCUT2D eigenvalue weighted by Crippen LogP contribution is -2.53. The lowest BCUT2D eigenvalue weighted by atomic mass is 9.88. The van der Waals surface area contributed by atoms with E-state index < -0.39 is 11.6 Å². The molecule has 1 saturated carbocycles. The minimum Gasteiger partial charge on any atom is -0.490 e. The van der Waals surface area contributed by atoms with Crippen molar-refractivity contribution in [3.8, 4) is 11.5 Å². The van der Waals surface area contributed by atoms with Gasteiger partial charge in [0.15, 0.2) is 11.5 Å². The molecule has 1 aromatic rings. The fourth-order valence-corrected chi connectivity index (χ4v) is 3.42. The molecule has 1 amide bonds. The minimum absolute atomic E-state index is 0.0150. The molecular formula is C22H31NO7. The van der Waals surface area contributed by atoms with Crippen LogP contribution < -0.4 is 9.47 Å². The van der Waals surface area contributed by atoms with Crippen LogP contribution in [0, 0.1) is 0 Å². The number of rotatable bonds is 1. The van der Waals surface area contributed by atoms with Crippen LogP contribution in [0.2, 0.25) is 0 Å². The number of aromatic carboxylic acids is 1. The van der Waals surface area contributed by atoms with Crippen molar-refractivity contribution in [3.05, 3.63) is 23.8 Å². The quantitative estimate of drug-likeness (QED) is 0.738. The Hall–Kier alpha value is -2.48. The number of fused-ring (bicyclic) bond motifs is 8. The van der Waals surface area contributed by atoms with Gasteiger partial charge in [0.05, 0.1) is 18.8 Å². The Morgan fingerprint density at radius 3 is 2.53 bits per heavy atom. The van der Waals surface area contributed by atoms with E-state index in [2.05, 4.69) is 0 Å². The van der Waals surface area contributed by atoms with Gasteiger partial charge in [0.1, 0.15) is 11.7 Å². The number of nitrogens with zero attached hydrogens (tertiary/aromatic N) is 1. The number of carboxylic acids is 1. The Bertz CT molecular complexity index is 752. The van der Waals surface area contributed by atoms with E-state index in [9.17, 15) is 14.7 Å². The van der Waals surface area contributed by atoms with Gasteiger partial charge in [0, 0.05) is 32.0 Å². The zero-order chi connectivity index (χ0) is 21.7. The molecule has 0 radical (unpaired) electrons. The molecule has 1 aliphatic carbocycles. The molecule has 1 aromatic carbocycles. The molecule has 0 unspecified atom stereocenters. The maximum absolute atomic E-state index is 12.7. The van der Waals surface area contributed by atoms with E-state index in [1.54, 1.807) is 11.0 Å². The van der Waals surface area contributed by atoms with Crippen molar-refractivity contribution < 1.29 is 33.6 Å². The summed E-state index contributed by atoms with van der Waals surface area (Å²) >= 11 is 0. The summed E-state index contributed by atoms with van der Waals surface area (Å²) in [5, 5.41) is 9.25. The van der Waals surface area contributed by atoms with Crippen molar-refractivity contribution in [2.75, 3.05) is 26.4 Å². The van der Waals surface area contributed by atoms with E-state index in [4.69, 9.17) is 18.9 Å². The summed E-state index contributed by atoms with van der Waals surface area (Å²) in [5.41, 5.74) is -0.409. The molecule has 2 aliphatic heterocycles. The van der Waals surface area contributed by atoms with Gasteiger partial charge in [0.25, 0.3) is 0 Å². The van der Waals surface area contributed by atoms with Crippen molar-refractivity contribution in [2.45, 2.75) is 64.2 Å². The highest BCUT2D eigenvalue weighted by atomic mass is 16.6. The first kappa shape index (κ1) is 22.2. The highest BCUT2D eigenvalue weighted by molar-refractivity contribution is 5.88. The summed E-state index contributed by atoms with van der Waals surface area (Å²) in [7, 11) is 0. The van der Waals surface area contributed by atoms with Gasteiger partial charge >= 0.3 is 12.1 Å². The number of amides is 1. The second kappa shape index (κ2) is 9.55. The van der Waals surface area contributed by atoms with Gasteiger partial charge in [-0.05, 0) is 51.8 Å². The topological polar surface area (TPSA) is 94.5 Å². The van der Waals surface area contributed by atoms with E-state index in [1.165, 1.54) is 12.1 Å². The largest absolute Gasteiger partial charge is 0.490 e. The Labute approximate surface area is 177 Å². The normalized spacial score (nSPS) is 22.8. The van der Waals surface area contributed by atoms with Crippen molar-refractivity contribution in [3.63, 3.8) is 0 Å². The van der Waals surface area contributed by atoms with Crippen LogP contribution in [0.1, 0.15) is 56.8 Å². The van der Waals surface area contributed by atoms with Gasteiger partial charge in [-0.3, -0.25) is 0 Å². The van der Waals surface area contributed by atoms with Crippen LogP contribution in [0.25, 0.3) is 0 Å². The molecular weight excluding hydrogens is 390 g/mol.